The van der Waals surface area contributed by atoms with Crippen LogP contribution in [-0.4, -0.2) is 38.4 Å². The third-order valence-electron chi connectivity index (χ3n) is 6.27. The first-order valence-corrected chi connectivity index (χ1v) is 11.0. The van der Waals surface area contributed by atoms with Gasteiger partial charge >= 0.3 is 0 Å². The lowest BCUT2D eigenvalue weighted by atomic mass is 10.1. The van der Waals surface area contributed by atoms with E-state index in [1.807, 2.05) is 30.3 Å². The number of aryl methyl sites for hydroxylation is 3. The van der Waals surface area contributed by atoms with Gasteiger partial charge in [-0.25, -0.2) is 14.5 Å². The van der Waals surface area contributed by atoms with Gasteiger partial charge in [0.25, 0.3) is 0 Å². The largest absolute Gasteiger partial charge is 0.493 e. The van der Waals surface area contributed by atoms with E-state index in [1.54, 1.807) is 25.1 Å². The quantitative estimate of drug-likeness (QED) is 0.371. The monoisotopic (exact) mass is 441 g/mol. The molecule has 0 saturated heterocycles. The van der Waals surface area contributed by atoms with Crippen molar-refractivity contribution in [3.8, 4) is 11.5 Å². The number of aromatic nitrogens is 5. The highest BCUT2D eigenvalue weighted by molar-refractivity contribution is 5.93. The molecule has 0 saturated carbocycles. The molecule has 168 valence electrons. The number of fused-ring (bicyclic) bond motifs is 3. The van der Waals surface area contributed by atoms with Gasteiger partial charge in [0, 0.05) is 18.7 Å². The van der Waals surface area contributed by atoms with Crippen LogP contribution in [-0.2, 0) is 19.4 Å². The summed E-state index contributed by atoms with van der Waals surface area (Å²) in [5.41, 5.74) is 6.55. The summed E-state index contributed by atoms with van der Waals surface area (Å²) in [5.74, 6) is 2.28. The van der Waals surface area contributed by atoms with Crippen molar-refractivity contribution in [1.82, 2.24) is 24.1 Å². The van der Waals surface area contributed by atoms with Crippen molar-refractivity contribution < 1.29 is 9.47 Å². The van der Waals surface area contributed by atoms with E-state index in [0.29, 0.717) is 6.42 Å². The second-order valence-electron chi connectivity index (χ2n) is 8.20. The first-order chi connectivity index (χ1) is 16.1. The molecule has 33 heavy (non-hydrogen) atoms. The highest BCUT2D eigenvalue weighted by Crippen LogP contribution is 2.30. The number of ether oxygens (including phenoxy) is 2. The van der Waals surface area contributed by atoms with E-state index in [9.17, 15) is 0 Å². The van der Waals surface area contributed by atoms with Crippen molar-refractivity contribution in [2.24, 2.45) is 0 Å². The second kappa shape index (κ2) is 8.58. The van der Waals surface area contributed by atoms with Crippen molar-refractivity contribution >= 4 is 16.7 Å². The van der Waals surface area contributed by atoms with Crippen molar-refractivity contribution in [2.45, 2.75) is 33.2 Å². The van der Waals surface area contributed by atoms with E-state index in [1.165, 1.54) is 22.4 Å². The lowest BCUT2D eigenvalue weighted by Crippen LogP contribution is -2.05. The molecule has 7 heteroatoms. The number of methoxy groups -OCH3 is 2. The second-order valence-corrected chi connectivity index (χ2v) is 8.20. The Labute approximate surface area is 192 Å². The molecule has 0 unspecified atom stereocenters. The Kier molecular flexibility index (Phi) is 5.46. The molecule has 3 heterocycles. The van der Waals surface area contributed by atoms with Gasteiger partial charge in [-0.1, -0.05) is 36.4 Å². The van der Waals surface area contributed by atoms with Gasteiger partial charge in [-0.2, -0.15) is 0 Å². The highest BCUT2D eigenvalue weighted by Gasteiger charge is 2.18. The van der Waals surface area contributed by atoms with E-state index >= 15 is 0 Å². The average molecular weight is 442 g/mol. The maximum absolute atomic E-state index is 5.46. The number of nitrogens with zero attached hydrogens (tertiary/aromatic N) is 5. The third kappa shape index (κ3) is 3.80. The van der Waals surface area contributed by atoms with Crippen LogP contribution in [0.4, 0.5) is 0 Å². The standard InChI is InChI=1S/C26H27N5O2/c1-17-18(2)30(13-12-20-10-11-21(32-3)22(14-20)33-4)25-24(17)26-28-23(29-31(26)16-27-25)15-19-8-6-5-7-9-19/h5-11,14,16H,12-13,15H2,1-4H3. The van der Waals surface area contributed by atoms with E-state index in [2.05, 4.69) is 41.7 Å². The molecule has 0 aliphatic rings. The lowest BCUT2D eigenvalue weighted by Gasteiger charge is -2.11. The van der Waals surface area contributed by atoms with Crippen molar-refractivity contribution in [1.29, 1.82) is 0 Å². The molecule has 5 aromatic rings. The van der Waals surface area contributed by atoms with Gasteiger partial charge in [-0.15, -0.1) is 5.10 Å². The van der Waals surface area contributed by atoms with Gasteiger partial charge in [0.1, 0.15) is 12.0 Å². The molecule has 2 aromatic carbocycles. The molecule has 0 bridgehead atoms. The topological polar surface area (TPSA) is 66.5 Å². The Bertz CT molecular complexity index is 1440. The first kappa shape index (κ1) is 21.0. The van der Waals surface area contributed by atoms with Gasteiger partial charge in [-0.05, 0) is 49.1 Å². The Morgan fingerprint density at radius 3 is 2.42 bits per heavy atom. The van der Waals surface area contributed by atoms with Crippen LogP contribution < -0.4 is 9.47 Å². The molecule has 3 aromatic heterocycles. The van der Waals surface area contributed by atoms with Crippen LogP contribution >= 0.6 is 0 Å². The summed E-state index contributed by atoms with van der Waals surface area (Å²) in [4.78, 5) is 9.64. The predicted octanol–water partition coefficient (Wildman–Crippen LogP) is 4.55. The van der Waals surface area contributed by atoms with E-state index in [0.717, 1.165) is 47.0 Å². The average Bonchev–Trinajstić information content (AvgIpc) is 3.36. The summed E-state index contributed by atoms with van der Waals surface area (Å²) < 4.78 is 14.9. The van der Waals surface area contributed by atoms with Crippen LogP contribution in [0.2, 0.25) is 0 Å². The number of benzene rings is 2. The molecule has 7 nitrogen and oxygen atoms in total. The molecule has 0 spiro atoms. The summed E-state index contributed by atoms with van der Waals surface area (Å²) >= 11 is 0. The molecule has 0 N–H and O–H groups in total. The maximum Gasteiger partial charge on any atom is 0.168 e. The maximum atomic E-state index is 5.46. The summed E-state index contributed by atoms with van der Waals surface area (Å²) in [6.07, 6.45) is 3.32. The zero-order valence-corrected chi connectivity index (χ0v) is 19.4. The third-order valence-corrected chi connectivity index (χ3v) is 6.27. The fraction of sp³-hybridized carbons (Fsp3) is 0.269. The minimum absolute atomic E-state index is 0.696. The van der Waals surface area contributed by atoms with Crippen LogP contribution in [0.3, 0.4) is 0 Å². The molecular formula is C26H27N5O2. The summed E-state index contributed by atoms with van der Waals surface area (Å²) in [6, 6.07) is 16.4. The number of hydrogen-bond acceptors (Lipinski definition) is 5. The lowest BCUT2D eigenvalue weighted by molar-refractivity contribution is 0.354. The van der Waals surface area contributed by atoms with Crippen molar-refractivity contribution in [3.63, 3.8) is 0 Å². The van der Waals surface area contributed by atoms with Crippen LogP contribution in [0.15, 0.2) is 54.9 Å². The Hall–Kier alpha value is -3.87. The zero-order chi connectivity index (χ0) is 22.9. The fourth-order valence-electron chi connectivity index (χ4n) is 4.38. The van der Waals surface area contributed by atoms with Gasteiger partial charge < -0.3 is 14.0 Å². The summed E-state index contributed by atoms with van der Waals surface area (Å²) in [6.45, 7) is 5.08. The van der Waals surface area contributed by atoms with Gasteiger partial charge in [-0.3, -0.25) is 0 Å². The predicted molar refractivity (Wildman–Crippen MR) is 128 cm³/mol. The normalized spacial score (nSPS) is 11.4. The van der Waals surface area contributed by atoms with Crippen LogP contribution in [0.25, 0.3) is 16.7 Å². The Morgan fingerprint density at radius 2 is 1.67 bits per heavy atom. The first-order valence-electron chi connectivity index (χ1n) is 11.0. The van der Waals surface area contributed by atoms with E-state index in [4.69, 9.17) is 19.4 Å². The molecule has 0 aliphatic heterocycles. The molecule has 0 fully saturated rings. The molecule has 5 rings (SSSR count). The van der Waals surface area contributed by atoms with Crippen LogP contribution in [0.5, 0.6) is 11.5 Å². The minimum Gasteiger partial charge on any atom is -0.493 e. The van der Waals surface area contributed by atoms with Crippen molar-refractivity contribution in [2.75, 3.05) is 14.2 Å². The van der Waals surface area contributed by atoms with E-state index < -0.39 is 0 Å². The molecule has 0 amide bonds. The van der Waals surface area contributed by atoms with Gasteiger partial charge in [0.15, 0.2) is 23.0 Å². The molecular weight excluding hydrogens is 414 g/mol. The van der Waals surface area contributed by atoms with Crippen molar-refractivity contribution in [3.05, 3.63) is 83.1 Å². The SMILES string of the molecule is COc1ccc(CCn2c(C)c(C)c3c2ncn2nc(Cc4ccccc4)nc32)cc1OC. The summed E-state index contributed by atoms with van der Waals surface area (Å²) in [5, 5.41) is 5.74. The van der Waals surface area contributed by atoms with Gasteiger partial charge in [0.2, 0.25) is 0 Å². The number of hydrogen-bond donors (Lipinski definition) is 0. The molecule has 0 radical (unpaired) electrons. The smallest absolute Gasteiger partial charge is 0.168 e. The fourth-order valence-corrected chi connectivity index (χ4v) is 4.38. The highest BCUT2D eigenvalue weighted by atomic mass is 16.5. The van der Waals surface area contributed by atoms with Crippen LogP contribution in [0.1, 0.15) is 28.2 Å². The number of rotatable bonds is 7. The Balaban J connectivity index is 1.48. The summed E-state index contributed by atoms with van der Waals surface area (Å²) in [7, 11) is 3.31. The van der Waals surface area contributed by atoms with Gasteiger partial charge in [0.05, 0.1) is 19.6 Å². The molecule has 0 aliphatic carbocycles. The van der Waals surface area contributed by atoms with E-state index in [-0.39, 0.29) is 0 Å². The molecule has 0 atom stereocenters. The minimum atomic E-state index is 0.696. The Morgan fingerprint density at radius 1 is 0.879 bits per heavy atom. The zero-order valence-electron chi connectivity index (χ0n) is 19.4. The van der Waals surface area contributed by atoms with Crippen LogP contribution in [0, 0.1) is 13.8 Å².